The number of benzene rings is 1. The Hall–Kier alpha value is -2.69. The third-order valence-corrected chi connectivity index (χ3v) is 5.43. The van der Waals surface area contributed by atoms with Gasteiger partial charge < -0.3 is 4.90 Å². The van der Waals surface area contributed by atoms with Crippen LogP contribution in [0.1, 0.15) is 40.0 Å². The molecule has 0 spiro atoms. The summed E-state index contributed by atoms with van der Waals surface area (Å²) in [6, 6.07) is 8.06. The normalized spacial score (nSPS) is 15.4. The Kier molecular flexibility index (Phi) is 4.68. The third-order valence-electron chi connectivity index (χ3n) is 5.43. The number of rotatable bonds is 3. The van der Waals surface area contributed by atoms with Gasteiger partial charge in [0.2, 0.25) is 0 Å². The average Bonchev–Trinajstić information content (AvgIpc) is 3.06. The van der Waals surface area contributed by atoms with Gasteiger partial charge in [-0.25, -0.2) is 0 Å². The van der Waals surface area contributed by atoms with Crippen LogP contribution < -0.4 is 0 Å². The molecular weight excluding hydrogens is 336 g/mol. The van der Waals surface area contributed by atoms with Gasteiger partial charge in [0.15, 0.2) is 0 Å². The molecule has 0 unspecified atom stereocenters. The Labute approximate surface area is 160 Å². The zero-order valence-electron chi connectivity index (χ0n) is 16.3. The van der Waals surface area contributed by atoms with Crippen LogP contribution in [0.15, 0.2) is 36.7 Å². The molecule has 3 aromatic rings. The van der Waals surface area contributed by atoms with E-state index in [-0.39, 0.29) is 5.91 Å². The number of amides is 1. The van der Waals surface area contributed by atoms with Crippen molar-refractivity contribution in [2.24, 2.45) is 5.92 Å². The summed E-state index contributed by atoms with van der Waals surface area (Å²) in [6.07, 6.45) is 6.03. The van der Waals surface area contributed by atoms with Gasteiger partial charge in [0.05, 0.1) is 17.3 Å². The summed E-state index contributed by atoms with van der Waals surface area (Å²) in [7, 11) is 0. The van der Waals surface area contributed by atoms with Gasteiger partial charge in [0, 0.05) is 36.9 Å². The van der Waals surface area contributed by atoms with E-state index in [9.17, 15) is 4.79 Å². The highest BCUT2D eigenvalue weighted by molar-refractivity contribution is 6.06. The molecule has 5 heteroatoms. The molecular formula is C22H26N4O. The number of aryl methyl sites for hydroxylation is 3. The highest BCUT2D eigenvalue weighted by atomic mass is 16.2. The lowest BCUT2D eigenvalue weighted by Gasteiger charge is -2.32. The Bertz CT molecular complexity index is 983. The molecule has 0 radical (unpaired) electrons. The van der Waals surface area contributed by atoms with Gasteiger partial charge in [0.25, 0.3) is 5.91 Å². The van der Waals surface area contributed by atoms with E-state index in [1.165, 1.54) is 5.56 Å². The molecule has 0 saturated carbocycles. The monoisotopic (exact) mass is 362 g/mol. The molecule has 140 valence electrons. The van der Waals surface area contributed by atoms with Crippen molar-refractivity contribution < 1.29 is 4.79 Å². The number of likely N-dealkylation sites (tertiary alicyclic amines) is 1. The van der Waals surface area contributed by atoms with Crippen molar-refractivity contribution in [2.75, 3.05) is 13.1 Å². The van der Waals surface area contributed by atoms with Crippen molar-refractivity contribution in [1.82, 2.24) is 19.7 Å². The lowest BCUT2D eigenvalue weighted by atomic mass is 9.95. The fourth-order valence-electron chi connectivity index (χ4n) is 3.97. The minimum atomic E-state index is 0.129. The summed E-state index contributed by atoms with van der Waals surface area (Å²) in [4.78, 5) is 19.8. The minimum absolute atomic E-state index is 0.129. The summed E-state index contributed by atoms with van der Waals surface area (Å²) in [5.74, 6) is 0.705. The zero-order chi connectivity index (χ0) is 19.0. The number of hydrogen-bond donors (Lipinski definition) is 0. The number of nitrogens with zero attached hydrogens (tertiary/aromatic N) is 4. The molecule has 3 heterocycles. The van der Waals surface area contributed by atoms with E-state index < -0.39 is 0 Å². The molecule has 1 aliphatic rings. The number of carbonyl (C=O) groups excluding carboxylic acids is 1. The van der Waals surface area contributed by atoms with Crippen molar-refractivity contribution in [1.29, 1.82) is 0 Å². The van der Waals surface area contributed by atoms with Gasteiger partial charge in [-0.2, -0.15) is 5.10 Å². The first-order valence-corrected chi connectivity index (χ1v) is 9.66. The molecule has 0 aliphatic carbocycles. The molecule has 27 heavy (non-hydrogen) atoms. The average molecular weight is 362 g/mol. The van der Waals surface area contributed by atoms with E-state index >= 15 is 0 Å². The minimum Gasteiger partial charge on any atom is -0.339 e. The van der Waals surface area contributed by atoms with Crippen LogP contribution in [0.5, 0.6) is 0 Å². The quantitative estimate of drug-likeness (QED) is 0.710. The first-order valence-electron chi connectivity index (χ1n) is 9.66. The van der Waals surface area contributed by atoms with Gasteiger partial charge in [-0.1, -0.05) is 11.6 Å². The molecule has 5 nitrogen and oxygen atoms in total. The molecule has 2 aromatic heterocycles. The SMILES string of the molecule is Cc1ccc2nc(C)cc(C(=O)N3CCC(Cn4cc(C)cn4)CC3)c2c1. The second-order valence-electron chi connectivity index (χ2n) is 7.81. The van der Waals surface area contributed by atoms with E-state index in [4.69, 9.17) is 0 Å². The van der Waals surface area contributed by atoms with Gasteiger partial charge in [-0.3, -0.25) is 14.5 Å². The van der Waals surface area contributed by atoms with Gasteiger partial charge in [-0.05, 0) is 63.3 Å². The molecule has 4 rings (SSSR count). The van der Waals surface area contributed by atoms with Crippen LogP contribution in [0.3, 0.4) is 0 Å². The maximum absolute atomic E-state index is 13.2. The third kappa shape index (κ3) is 3.72. The summed E-state index contributed by atoms with van der Waals surface area (Å²) >= 11 is 0. The van der Waals surface area contributed by atoms with Gasteiger partial charge in [0.1, 0.15) is 0 Å². The Morgan fingerprint density at radius 2 is 1.89 bits per heavy atom. The van der Waals surface area contributed by atoms with Crippen LogP contribution in [0.25, 0.3) is 10.9 Å². The first-order chi connectivity index (χ1) is 13.0. The van der Waals surface area contributed by atoms with E-state index in [0.29, 0.717) is 5.92 Å². The van der Waals surface area contributed by atoms with Gasteiger partial charge in [-0.15, -0.1) is 0 Å². The lowest BCUT2D eigenvalue weighted by Crippen LogP contribution is -2.39. The maximum atomic E-state index is 13.2. The standard InChI is InChI=1S/C22H26N4O/c1-15-4-5-21-19(10-15)20(11-17(3)24-21)22(27)25-8-6-18(7-9-25)14-26-13-16(2)12-23-26/h4-5,10-13,18H,6-9,14H2,1-3H3. The van der Waals surface area contributed by atoms with Crippen LogP contribution in [-0.4, -0.2) is 38.7 Å². The predicted molar refractivity (Wildman–Crippen MR) is 107 cm³/mol. The number of piperidine rings is 1. The van der Waals surface area contributed by atoms with Crippen molar-refractivity contribution >= 4 is 16.8 Å². The summed E-state index contributed by atoms with van der Waals surface area (Å²) in [6.45, 7) is 8.61. The summed E-state index contributed by atoms with van der Waals surface area (Å²) in [5.41, 5.74) is 4.90. The smallest absolute Gasteiger partial charge is 0.254 e. The van der Waals surface area contributed by atoms with Crippen LogP contribution in [0.4, 0.5) is 0 Å². The number of hydrogen-bond acceptors (Lipinski definition) is 3. The molecule has 1 aliphatic heterocycles. The topological polar surface area (TPSA) is 51.0 Å². The van der Waals surface area contributed by atoms with Crippen LogP contribution in [0.2, 0.25) is 0 Å². The highest BCUT2D eigenvalue weighted by Crippen LogP contribution is 2.25. The van der Waals surface area contributed by atoms with Crippen molar-refractivity contribution in [3.8, 4) is 0 Å². The Morgan fingerprint density at radius 3 is 2.59 bits per heavy atom. The highest BCUT2D eigenvalue weighted by Gasteiger charge is 2.25. The molecule has 1 fully saturated rings. The van der Waals surface area contributed by atoms with Crippen LogP contribution in [0, 0.1) is 26.7 Å². The molecule has 1 amide bonds. The second kappa shape index (κ2) is 7.14. The first kappa shape index (κ1) is 17.7. The fourth-order valence-corrected chi connectivity index (χ4v) is 3.97. The van der Waals surface area contributed by atoms with Crippen molar-refractivity contribution in [3.05, 3.63) is 59.0 Å². The van der Waals surface area contributed by atoms with Crippen molar-refractivity contribution in [3.63, 3.8) is 0 Å². The number of carbonyl (C=O) groups is 1. The Morgan fingerprint density at radius 1 is 1.11 bits per heavy atom. The molecule has 0 N–H and O–H groups in total. The van der Waals surface area contributed by atoms with Gasteiger partial charge >= 0.3 is 0 Å². The summed E-state index contributed by atoms with van der Waals surface area (Å²) in [5, 5.41) is 5.35. The fraction of sp³-hybridized carbons (Fsp3) is 0.409. The van der Waals surface area contributed by atoms with E-state index in [1.807, 2.05) is 40.9 Å². The predicted octanol–water partition coefficient (Wildman–Crippen LogP) is 3.91. The van der Waals surface area contributed by atoms with Crippen molar-refractivity contribution in [2.45, 2.75) is 40.2 Å². The second-order valence-corrected chi connectivity index (χ2v) is 7.81. The Balaban J connectivity index is 1.49. The number of aromatic nitrogens is 3. The zero-order valence-corrected chi connectivity index (χ0v) is 16.3. The molecule has 0 bridgehead atoms. The van der Waals surface area contributed by atoms with E-state index in [2.05, 4.69) is 36.2 Å². The lowest BCUT2D eigenvalue weighted by molar-refractivity contribution is 0.0683. The molecule has 1 saturated heterocycles. The molecule has 0 atom stereocenters. The van der Waals surface area contributed by atoms with E-state index in [1.54, 1.807) is 0 Å². The maximum Gasteiger partial charge on any atom is 0.254 e. The van der Waals surface area contributed by atoms with Crippen LogP contribution in [-0.2, 0) is 6.54 Å². The largest absolute Gasteiger partial charge is 0.339 e. The number of pyridine rings is 1. The summed E-state index contributed by atoms with van der Waals surface area (Å²) < 4.78 is 2.03. The van der Waals surface area contributed by atoms with Crippen LogP contribution >= 0.6 is 0 Å². The van der Waals surface area contributed by atoms with E-state index in [0.717, 1.165) is 60.2 Å². The molecule has 1 aromatic carbocycles. The number of fused-ring (bicyclic) bond motifs is 1.